The van der Waals surface area contributed by atoms with Crippen molar-refractivity contribution >= 4 is 22.6 Å². The number of nitrogens with zero attached hydrogens (tertiary/aromatic N) is 1. The lowest BCUT2D eigenvalue weighted by atomic mass is 9.94. The van der Waals surface area contributed by atoms with Gasteiger partial charge in [-0.3, -0.25) is 25.2 Å². The normalized spacial score (nSPS) is 11.7. The number of benzene rings is 2. The number of fused-ring (bicyclic) bond motifs is 1. The first kappa shape index (κ1) is 18.3. The molecule has 0 saturated carbocycles. The molecule has 1 unspecified atom stereocenters. The minimum absolute atomic E-state index is 0.0391. The van der Waals surface area contributed by atoms with Crippen molar-refractivity contribution in [1.82, 2.24) is 21.0 Å². The van der Waals surface area contributed by atoms with E-state index in [1.165, 1.54) is 0 Å². The van der Waals surface area contributed by atoms with Crippen LogP contribution in [0.5, 0.6) is 0 Å². The van der Waals surface area contributed by atoms with Crippen molar-refractivity contribution in [3.05, 3.63) is 76.2 Å². The lowest BCUT2D eigenvalue weighted by molar-refractivity contribution is -0.123. The highest BCUT2D eigenvalue weighted by Gasteiger charge is 2.21. The Kier molecular flexibility index (Phi) is 5.61. The molecule has 3 aromatic rings. The number of amides is 2. The predicted octanol–water partition coefficient (Wildman–Crippen LogP) is 2.27. The van der Waals surface area contributed by atoms with Gasteiger partial charge in [0.05, 0.1) is 11.3 Å². The fourth-order valence-corrected chi connectivity index (χ4v) is 2.98. The molecule has 3 N–H and O–H groups in total. The highest BCUT2D eigenvalue weighted by molar-refractivity contribution is 6.05. The smallest absolute Gasteiger partial charge is 0.273 e. The van der Waals surface area contributed by atoms with Crippen LogP contribution in [0.15, 0.2) is 59.4 Å². The molecule has 3 rings (SSSR count). The summed E-state index contributed by atoms with van der Waals surface area (Å²) in [6.45, 7) is 2.00. The zero-order valence-electron chi connectivity index (χ0n) is 14.9. The first-order valence-electron chi connectivity index (χ1n) is 8.74. The Morgan fingerprint density at radius 2 is 1.67 bits per heavy atom. The molecule has 2 amide bonds. The molecular formula is C20H20N4O3. The van der Waals surface area contributed by atoms with Crippen molar-refractivity contribution in [1.29, 1.82) is 0 Å². The quantitative estimate of drug-likeness (QED) is 0.604. The summed E-state index contributed by atoms with van der Waals surface area (Å²) in [5.41, 5.74) is 5.42. The number of hydrazine groups is 1. The molecule has 0 aliphatic carbocycles. The third-order valence-electron chi connectivity index (χ3n) is 4.31. The maximum absolute atomic E-state index is 12.6. The van der Waals surface area contributed by atoms with Crippen molar-refractivity contribution in [2.45, 2.75) is 25.7 Å². The molecule has 0 saturated heterocycles. The van der Waals surface area contributed by atoms with Gasteiger partial charge < -0.3 is 0 Å². The van der Waals surface area contributed by atoms with Gasteiger partial charge in [0.1, 0.15) is 0 Å². The minimum atomic E-state index is -0.598. The number of aromatic amines is 1. The van der Waals surface area contributed by atoms with Gasteiger partial charge in [-0.2, -0.15) is 5.10 Å². The Bertz CT molecular complexity index is 1010. The number of hydrogen-bond donors (Lipinski definition) is 3. The van der Waals surface area contributed by atoms with Gasteiger partial charge in [0.25, 0.3) is 11.5 Å². The Hall–Kier alpha value is -3.48. The number of rotatable bonds is 5. The summed E-state index contributed by atoms with van der Waals surface area (Å²) in [4.78, 5) is 36.9. The van der Waals surface area contributed by atoms with Gasteiger partial charge in [-0.1, -0.05) is 61.9 Å². The summed E-state index contributed by atoms with van der Waals surface area (Å²) in [5, 5.41) is 6.90. The number of aromatic nitrogens is 2. The minimum Gasteiger partial charge on any atom is -0.273 e. The van der Waals surface area contributed by atoms with Gasteiger partial charge in [0.2, 0.25) is 5.91 Å². The van der Waals surface area contributed by atoms with E-state index in [1.807, 2.05) is 37.3 Å². The highest BCUT2D eigenvalue weighted by Crippen LogP contribution is 2.21. The van der Waals surface area contributed by atoms with E-state index in [9.17, 15) is 14.4 Å². The summed E-state index contributed by atoms with van der Waals surface area (Å²) >= 11 is 0. The third-order valence-corrected chi connectivity index (χ3v) is 4.31. The van der Waals surface area contributed by atoms with Crippen molar-refractivity contribution in [3.63, 3.8) is 0 Å². The SMILES string of the molecule is CCCC(C(=O)NNC(=O)c1n[nH]c(=O)c2ccccc12)c1ccccc1. The molecular weight excluding hydrogens is 344 g/mol. The van der Waals surface area contributed by atoms with E-state index >= 15 is 0 Å². The monoisotopic (exact) mass is 364 g/mol. The van der Waals surface area contributed by atoms with Crippen molar-refractivity contribution < 1.29 is 9.59 Å². The standard InChI is InChI=1S/C20H20N4O3/c1-2-8-14(13-9-4-3-5-10-13)18(25)23-24-20(27)17-15-11-6-7-12-16(15)19(26)22-21-17/h3-7,9-12,14H,2,8H2,1H3,(H,22,26)(H,23,25)(H,24,27). The van der Waals surface area contributed by atoms with E-state index in [0.29, 0.717) is 17.2 Å². The second kappa shape index (κ2) is 8.27. The largest absolute Gasteiger partial charge is 0.290 e. The number of carbonyl (C=O) groups excluding carboxylic acids is 2. The zero-order valence-corrected chi connectivity index (χ0v) is 14.9. The van der Waals surface area contributed by atoms with Crippen LogP contribution >= 0.6 is 0 Å². The van der Waals surface area contributed by atoms with Gasteiger partial charge in [-0.05, 0) is 18.1 Å². The molecule has 1 heterocycles. The van der Waals surface area contributed by atoms with E-state index in [4.69, 9.17) is 0 Å². The highest BCUT2D eigenvalue weighted by atomic mass is 16.2. The van der Waals surface area contributed by atoms with E-state index in [0.717, 1.165) is 12.0 Å². The van der Waals surface area contributed by atoms with Crippen LogP contribution in [0.4, 0.5) is 0 Å². The molecule has 2 aromatic carbocycles. The fourth-order valence-electron chi connectivity index (χ4n) is 2.98. The zero-order chi connectivity index (χ0) is 19.2. The maximum Gasteiger partial charge on any atom is 0.290 e. The maximum atomic E-state index is 12.6. The number of carbonyl (C=O) groups is 2. The summed E-state index contributed by atoms with van der Waals surface area (Å²) in [5.74, 6) is -1.26. The first-order chi connectivity index (χ1) is 13.1. The van der Waals surface area contributed by atoms with Gasteiger partial charge in [-0.25, -0.2) is 5.10 Å². The summed E-state index contributed by atoms with van der Waals surface area (Å²) in [7, 11) is 0. The van der Waals surface area contributed by atoms with Crippen LogP contribution in [0.1, 0.15) is 41.7 Å². The van der Waals surface area contributed by atoms with Crippen LogP contribution in [0.2, 0.25) is 0 Å². The molecule has 0 radical (unpaired) electrons. The van der Waals surface area contributed by atoms with Crippen molar-refractivity contribution in [2.24, 2.45) is 0 Å². The second-order valence-electron chi connectivity index (χ2n) is 6.14. The predicted molar refractivity (Wildman–Crippen MR) is 102 cm³/mol. The van der Waals surface area contributed by atoms with Crippen LogP contribution in [0.3, 0.4) is 0 Å². The van der Waals surface area contributed by atoms with Crippen LogP contribution < -0.4 is 16.4 Å². The average molecular weight is 364 g/mol. The lowest BCUT2D eigenvalue weighted by Crippen LogP contribution is -2.44. The topological polar surface area (TPSA) is 104 Å². The van der Waals surface area contributed by atoms with E-state index in [-0.39, 0.29) is 23.1 Å². The molecule has 0 spiro atoms. The Labute approximate surface area is 155 Å². The molecule has 0 fully saturated rings. The van der Waals surface area contributed by atoms with Crippen LogP contribution in [-0.4, -0.2) is 22.0 Å². The Morgan fingerprint density at radius 3 is 2.37 bits per heavy atom. The number of H-pyrrole nitrogens is 1. The summed E-state index contributed by atoms with van der Waals surface area (Å²) in [6.07, 6.45) is 1.48. The van der Waals surface area contributed by atoms with Crippen LogP contribution in [-0.2, 0) is 4.79 Å². The Balaban J connectivity index is 1.76. The Morgan fingerprint density at radius 1 is 1.00 bits per heavy atom. The van der Waals surface area contributed by atoms with E-state index in [1.54, 1.807) is 24.3 Å². The third kappa shape index (κ3) is 4.03. The van der Waals surface area contributed by atoms with E-state index < -0.39 is 5.91 Å². The molecule has 0 aliphatic heterocycles. The molecule has 1 aromatic heterocycles. The number of hydrogen-bond acceptors (Lipinski definition) is 4. The van der Waals surface area contributed by atoms with E-state index in [2.05, 4.69) is 21.0 Å². The molecule has 138 valence electrons. The number of nitrogens with one attached hydrogen (secondary N) is 3. The summed E-state index contributed by atoms with van der Waals surface area (Å²) in [6, 6.07) is 16.1. The second-order valence-corrected chi connectivity index (χ2v) is 6.14. The molecule has 7 nitrogen and oxygen atoms in total. The molecule has 7 heteroatoms. The van der Waals surface area contributed by atoms with Gasteiger partial charge in [0, 0.05) is 5.39 Å². The van der Waals surface area contributed by atoms with Crippen molar-refractivity contribution in [2.75, 3.05) is 0 Å². The van der Waals surface area contributed by atoms with Crippen LogP contribution in [0, 0.1) is 0 Å². The molecule has 27 heavy (non-hydrogen) atoms. The average Bonchev–Trinajstić information content (AvgIpc) is 2.71. The molecule has 1 atom stereocenters. The van der Waals surface area contributed by atoms with Crippen LogP contribution in [0.25, 0.3) is 10.8 Å². The molecule has 0 bridgehead atoms. The van der Waals surface area contributed by atoms with Crippen molar-refractivity contribution in [3.8, 4) is 0 Å². The van der Waals surface area contributed by atoms with Gasteiger partial charge in [-0.15, -0.1) is 0 Å². The van der Waals surface area contributed by atoms with Gasteiger partial charge >= 0.3 is 0 Å². The fraction of sp³-hybridized carbons (Fsp3) is 0.200. The van der Waals surface area contributed by atoms with Gasteiger partial charge in [0.15, 0.2) is 5.69 Å². The first-order valence-corrected chi connectivity index (χ1v) is 8.74. The molecule has 0 aliphatic rings. The summed E-state index contributed by atoms with van der Waals surface area (Å²) < 4.78 is 0. The lowest BCUT2D eigenvalue weighted by Gasteiger charge is -2.17.